The number of rotatable bonds is 9. The second-order valence-corrected chi connectivity index (χ2v) is 12.5. The largest absolute Gasteiger partial charge is 0.438 e. The van der Waals surface area contributed by atoms with Gasteiger partial charge in [0.05, 0.1) is 16.5 Å². The molecule has 44 heavy (non-hydrogen) atoms. The highest BCUT2D eigenvalue weighted by atomic mass is 32.2. The molecule has 0 bridgehead atoms. The number of sulfonamides is 1. The summed E-state index contributed by atoms with van der Waals surface area (Å²) in [7, 11) is -3.70. The zero-order valence-corrected chi connectivity index (χ0v) is 25.5. The van der Waals surface area contributed by atoms with Crippen molar-refractivity contribution in [1.29, 1.82) is 5.26 Å². The highest BCUT2D eigenvalue weighted by Gasteiger charge is 2.22. The molecule has 1 aliphatic rings. The van der Waals surface area contributed by atoms with Crippen molar-refractivity contribution < 1.29 is 13.2 Å². The number of benzene rings is 3. The molecule has 5 N–H and O–H groups in total. The lowest BCUT2D eigenvalue weighted by atomic mass is 10.0. The summed E-state index contributed by atoms with van der Waals surface area (Å²) >= 11 is 0. The maximum atomic E-state index is 11.5. The van der Waals surface area contributed by atoms with Crippen molar-refractivity contribution in [3.63, 3.8) is 0 Å². The van der Waals surface area contributed by atoms with Crippen LogP contribution in [0.3, 0.4) is 0 Å². The lowest BCUT2D eigenvalue weighted by Crippen LogP contribution is -2.39. The molecule has 10 nitrogen and oxygen atoms in total. The van der Waals surface area contributed by atoms with Gasteiger partial charge in [-0.05, 0) is 97.0 Å². The Bertz CT molecular complexity index is 1800. The van der Waals surface area contributed by atoms with Crippen LogP contribution in [0.2, 0.25) is 0 Å². The van der Waals surface area contributed by atoms with E-state index in [1.165, 1.54) is 6.08 Å². The zero-order valence-electron chi connectivity index (χ0n) is 24.7. The summed E-state index contributed by atoms with van der Waals surface area (Å²) in [5, 5.41) is 17.6. The number of nitrogen functional groups attached to an aromatic ring is 1. The second kappa shape index (κ2) is 13.3. The number of primary sulfonamides is 1. The summed E-state index contributed by atoms with van der Waals surface area (Å²) in [6.45, 7) is 6.39. The van der Waals surface area contributed by atoms with E-state index in [9.17, 15) is 8.42 Å². The highest BCUT2D eigenvalue weighted by molar-refractivity contribution is 7.89. The number of anilines is 2. The smallest absolute Gasteiger partial charge is 0.238 e. The molecule has 0 unspecified atom stereocenters. The van der Waals surface area contributed by atoms with Gasteiger partial charge in [0.15, 0.2) is 0 Å². The fourth-order valence-electron chi connectivity index (χ4n) is 5.35. The fourth-order valence-corrected chi connectivity index (χ4v) is 5.87. The fraction of sp³-hybridized carbons (Fsp3) is 0.242. The molecule has 1 fully saturated rings. The minimum Gasteiger partial charge on any atom is -0.438 e. The molecule has 1 aromatic heterocycles. The van der Waals surface area contributed by atoms with Gasteiger partial charge in [-0.15, -0.1) is 0 Å². The van der Waals surface area contributed by atoms with Gasteiger partial charge < -0.3 is 15.8 Å². The maximum Gasteiger partial charge on any atom is 0.238 e. The minimum atomic E-state index is -3.70. The van der Waals surface area contributed by atoms with E-state index in [1.54, 1.807) is 36.5 Å². The Labute approximate surface area is 258 Å². The van der Waals surface area contributed by atoms with Gasteiger partial charge in [-0.25, -0.2) is 18.5 Å². The van der Waals surface area contributed by atoms with Crippen LogP contribution in [0, 0.1) is 25.2 Å². The van der Waals surface area contributed by atoms with Gasteiger partial charge in [0.25, 0.3) is 0 Å². The van der Waals surface area contributed by atoms with Gasteiger partial charge in [0, 0.05) is 43.6 Å². The molecule has 1 aliphatic heterocycles. The monoisotopic (exact) mass is 609 g/mol. The molecule has 0 radical (unpaired) electrons. The first-order valence-corrected chi connectivity index (χ1v) is 15.8. The summed E-state index contributed by atoms with van der Waals surface area (Å²) in [6, 6.07) is 20.4. The number of ether oxygens (including phenoxy) is 1. The maximum absolute atomic E-state index is 11.5. The van der Waals surface area contributed by atoms with Crippen molar-refractivity contribution in [3.05, 3.63) is 95.2 Å². The van der Waals surface area contributed by atoms with Crippen LogP contribution in [0.4, 0.5) is 11.6 Å². The Kier molecular flexibility index (Phi) is 9.25. The predicted molar refractivity (Wildman–Crippen MR) is 172 cm³/mol. The van der Waals surface area contributed by atoms with Gasteiger partial charge in [-0.2, -0.15) is 10.2 Å². The summed E-state index contributed by atoms with van der Waals surface area (Å²) < 4.78 is 29.6. The topological polar surface area (TPSA) is 160 Å². The first-order chi connectivity index (χ1) is 21.1. The quantitative estimate of drug-likeness (QED) is 0.167. The first-order valence-electron chi connectivity index (χ1n) is 14.3. The summed E-state index contributed by atoms with van der Waals surface area (Å²) in [5.74, 6) is 1.59. The average molecular weight is 610 g/mol. The lowest BCUT2D eigenvalue weighted by Gasteiger charge is -2.32. The number of nitrogens with two attached hydrogens (primary N) is 2. The van der Waals surface area contributed by atoms with Crippen LogP contribution in [-0.2, 0) is 16.6 Å². The van der Waals surface area contributed by atoms with E-state index < -0.39 is 10.0 Å². The van der Waals surface area contributed by atoms with Crippen LogP contribution in [0.25, 0.3) is 17.2 Å². The highest BCUT2D eigenvalue weighted by Crippen LogP contribution is 2.36. The molecule has 0 amide bonds. The van der Waals surface area contributed by atoms with E-state index in [2.05, 4.69) is 15.2 Å². The van der Waals surface area contributed by atoms with E-state index >= 15 is 0 Å². The van der Waals surface area contributed by atoms with Crippen LogP contribution < -0.4 is 20.9 Å². The van der Waals surface area contributed by atoms with Crippen molar-refractivity contribution in [2.45, 2.75) is 44.2 Å². The third-order valence-electron chi connectivity index (χ3n) is 7.56. The molecule has 0 spiro atoms. The molecular weight excluding hydrogens is 574 g/mol. The van der Waals surface area contributed by atoms with Gasteiger partial charge in [-0.1, -0.05) is 24.3 Å². The molecule has 0 atom stereocenters. The third-order valence-corrected chi connectivity index (χ3v) is 8.49. The number of aryl methyl sites for hydroxylation is 2. The Morgan fingerprint density at radius 2 is 1.80 bits per heavy atom. The number of allylic oxidation sites excluding steroid dienone is 1. The van der Waals surface area contributed by atoms with Crippen LogP contribution >= 0.6 is 0 Å². The number of nitrogens with one attached hydrogen (secondary N) is 1. The number of hydrogen-bond donors (Lipinski definition) is 3. The minimum absolute atomic E-state index is 0.115. The van der Waals surface area contributed by atoms with Gasteiger partial charge in [-0.3, -0.25) is 4.90 Å². The molecule has 1 saturated heterocycles. The molecule has 0 saturated carbocycles. The summed E-state index contributed by atoms with van der Waals surface area (Å²) in [4.78, 5) is 11.9. The van der Waals surface area contributed by atoms with Crippen LogP contribution in [0.1, 0.15) is 35.1 Å². The lowest BCUT2D eigenvalue weighted by molar-refractivity contribution is 0.211. The molecule has 5 rings (SSSR count). The number of hydrogen-bond acceptors (Lipinski definition) is 9. The Morgan fingerprint density at radius 1 is 1.09 bits per heavy atom. The van der Waals surface area contributed by atoms with Crippen molar-refractivity contribution in [2.24, 2.45) is 5.14 Å². The van der Waals surface area contributed by atoms with Crippen LogP contribution in [-0.4, -0.2) is 42.4 Å². The van der Waals surface area contributed by atoms with Crippen LogP contribution in [0.15, 0.2) is 77.8 Å². The van der Waals surface area contributed by atoms with Gasteiger partial charge >= 0.3 is 0 Å². The van der Waals surface area contributed by atoms with E-state index in [1.807, 2.05) is 56.3 Å². The average Bonchev–Trinajstić information content (AvgIpc) is 2.99. The van der Waals surface area contributed by atoms with E-state index in [4.69, 9.17) is 25.9 Å². The number of piperidine rings is 1. The molecular formula is C33H35N7O3S. The third kappa shape index (κ3) is 7.60. The standard InChI is InChI=1S/C33H35N7O3S/c1-22-17-25(5-4-14-34)18-23(2)31(22)43-32-30(26-6-3-7-27(35)19-26)20-37-33(39-32)38-28-12-15-40(16-13-28)21-24-8-10-29(11-9-24)44(36,41)42/h3-11,17-20,28H,12-13,15-16,21,35H2,1-2H3,(H2,36,41,42)(H,37,38,39)/b5-4+. The number of likely N-dealkylation sites (tertiary alicyclic amines) is 1. The predicted octanol–water partition coefficient (Wildman–Crippen LogP) is 5.40. The van der Waals surface area contributed by atoms with Crippen molar-refractivity contribution in [2.75, 3.05) is 24.1 Å². The zero-order chi connectivity index (χ0) is 31.3. The summed E-state index contributed by atoms with van der Waals surface area (Å²) in [5.41, 5.74) is 12.1. The second-order valence-electron chi connectivity index (χ2n) is 11.0. The van der Waals surface area contributed by atoms with E-state index in [0.717, 1.165) is 65.9 Å². The van der Waals surface area contributed by atoms with Crippen molar-refractivity contribution >= 4 is 27.7 Å². The Balaban J connectivity index is 1.32. The number of aromatic nitrogens is 2. The van der Waals surface area contributed by atoms with Crippen LogP contribution in [0.5, 0.6) is 11.6 Å². The Hall–Kier alpha value is -4.76. The molecule has 4 aromatic rings. The molecule has 0 aliphatic carbocycles. The van der Waals surface area contributed by atoms with Crippen molar-refractivity contribution in [1.82, 2.24) is 14.9 Å². The number of nitrogens with zero attached hydrogens (tertiary/aromatic N) is 4. The van der Waals surface area contributed by atoms with Gasteiger partial charge in [0.2, 0.25) is 21.9 Å². The SMILES string of the molecule is Cc1cc(/C=C/C#N)cc(C)c1Oc1nc(NC2CCN(Cc3ccc(S(N)(=O)=O)cc3)CC2)ncc1-c1cccc(N)c1. The van der Waals surface area contributed by atoms with Gasteiger partial charge in [0.1, 0.15) is 5.75 Å². The number of nitriles is 1. The Morgan fingerprint density at radius 3 is 2.43 bits per heavy atom. The van der Waals surface area contributed by atoms with E-state index in [-0.39, 0.29) is 10.9 Å². The molecule has 226 valence electrons. The molecule has 11 heteroatoms. The van der Waals surface area contributed by atoms with E-state index in [0.29, 0.717) is 23.3 Å². The molecule has 2 heterocycles. The van der Waals surface area contributed by atoms with Crippen molar-refractivity contribution in [3.8, 4) is 28.8 Å². The normalized spacial score (nSPS) is 14.4. The first kappa shape index (κ1) is 30.7. The molecule has 3 aromatic carbocycles. The summed E-state index contributed by atoms with van der Waals surface area (Å²) in [6.07, 6.45) is 6.76.